The molecule has 1 saturated heterocycles. The van der Waals surface area contributed by atoms with Gasteiger partial charge in [0, 0.05) is 37.9 Å². The van der Waals surface area contributed by atoms with Crippen molar-refractivity contribution in [3.8, 4) is 5.75 Å². The maximum atomic E-state index is 11.6. The maximum Gasteiger partial charge on any atom is 0.343 e. The van der Waals surface area contributed by atoms with E-state index in [1.807, 2.05) is 12.1 Å². The molecule has 0 amide bonds. The van der Waals surface area contributed by atoms with Crippen LogP contribution in [0.4, 0.5) is 5.69 Å². The summed E-state index contributed by atoms with van der Waals surface area (Å²) >= 11 is 0. The van der Waals surface area contributed by atoms with Crippen LogP contribution in [0.25, 0.3) is 0 Å². The average Bonchev–Trinajstić information content (AvgIpc) is 2.53. The summed E-state index contributed by atoms with van der Waals surface area (Å²) in [6.45, 7) is 4.91. The van der Waals surface area contributed by atoms with E-state index in [0.717, 1.165) is 31.9 Å². The normalized spacial score (nSPS) is 14.7. The summed E-state index contributed by atoms with van der Waals surface area (Å²) in [5.41, 5.74) is 1.46. The molecule has 6 nitrogen and oxygen atoms in total. The van der Waals surface area contributed by atoms with Crippen molar-refractivity contribution in [3.63, 3.8) is 0 Å². The fourth-order valence-corrected chi connectivity index (χ4v) is 2.24. The van der Waals surface area contributed by atoms with E-state index in [-0.39, 0.29) is 12.4 Å². The van der Waals surface area contributed by atoms with Gasteiger partial charge in [-0.3, -0.25) is 4.79 Å². The summed E-state index contributed by atoms with van der Waals surface area (Å²) in [5, 5.41) is 3.29. The van der Waals surface area contributed by atoms with Crippen molar-refractivity contribution in [2.45, 2.75) is 6.92 Å². The molecule has 0 saturated carbocycles. The zero-order valence-corrected chi connectivity index (χ0v) is 12.3. The van der Waals surface area contributed by atoms with Gasteiger partial charge in [0.1, 0.15) is 5.75 Å². The van der Waals surface area contributed by atoms with Crippen molar-refractivity contribution in [2.75, 3.05) is 44.8 Å². The molecule has 1 fully saturated rings. The van der Waals surface area contributed by atoms with Crippen LogP contribution in [-0.2, 0) is 9.53 Å². The van der Waals surface area contributed by atoms with Crippen LogP contribution in [0.5, 0.6) is 5.75 Å². The number of benzene rings is 1. The monoisotopic (exact) mass is 292 g/mol. The van der Waals surface area contributed by atoms with Crippen LogP contribution >= 0.6 is 0 Å². The molecule has 0 bridgehead atoms. The molecule has 0 aliphatic carbocycles. The molecule has 6 heteroatoms. The minimum Gasteiger partial charge on any atom is -0.481 e. The third kappa shape index (κ3) is 3.95. The lowest BCUT2D eigenvalue weighted by molar-refractivity contribution is -0.142. The van der Waals surface area contributed by atoms with Crippen molar-refractivity contribution in [2.24, 2.45) is 0 Å². The van der Waals surface area contributed by atoms with Gasteiger partial charge in [-0.2, -0.15) is 0 Å². The maximum absolute atomic E-state index is 11.6. The molecule has 1 N–H and O–H groups in total. The number of nitrogens with one attached hydrogen (secondary N) is 1. The zero-order chi connectivity index (χ0) is 15.2. The van der Waals surface area contributed by atoms with E-state index < -0.39 is 5.97 Å². The van der Waals surface area contributed by atoms with Gasteiger partial charge < -0.3 is 19.7 Å². The highest BCUT2D eigenvalue weighted by Gasteiger charge is 2.16. The van der Waals surface area contributed by atoms with E-state index in [0.29, 0.717) is 11.3 Å². The van der Waals surface area contributed by atoms with Gasteiger partial charge >= 0.3 is 5.97 Å². The highest BCUT2D eigenvalue weighted by molar-refractivity contribution is 5.97. The van der Waals surface area contributed by atoms with Crippen LogP contribution < -0.4 is 15.0 Å². The van der Waals surface area contributed by atoms with Crippen LogP contribution in [0.1, 0.15) is 17.3 Å². The van der Waals surface area contributed by atoms with Crippen molar-refractivity contribution in [1.82, 2.24) is 5.32 Å². The number of methoxy groups -OCH3 is 1. The molecule has 0 radical (unpaired) electrons. The SMILES string of the molecule is COC(=O)COc1cc(N2CCNCC2)ccc1C(C)=O. The van der Waals surface area contributed by atoms with Gasteiger partial charge in [0.05, 0.1) is 12.7 Å². The predicted molar refractivity (Wildman–Crippen MR) is 79.0 cm³/mol. The first-order valence-electron chi connectivity index (χ1n) is 6.92. The first-order chi connectivity index (χ1) is 10.1. The first kappa shape index (κ1) is 15.3. The second-order valence-electron chi connectivity index (χ2n) is 4.84. The second kappa shape index (κ2) is 7.08. The van der Waals surface area contributed by atoms with Crippen LogP contribution in [0.15, 0.2) is 18.2 Å². The number of piperazine rings is 1. The molecule has 0 spiro atoms. The minimum absolute atomic E-state index is 0.0956. The number of esters is 1. The summed E-state index contributed by atoms with van der Waals surface area (Å²) in [4.78, 5) is 25.1. The van der Waals surface area contributed by atoms with Crippen molar-refractivity contribution < 1.29 is 19.1 Å². The lowest BCUT2D eigenvalue weighted by atomic mass is 10.1. The Bertz CT molecular complexity index is 524. The molecule has 1 aromatic rings. The average molecular weight is 292 g/mol. The van der Waals surface area contributed by atoms with Crippen LogP contribution in [-0.4, -0.2) is 51.6 Å². The lowest BCUT2D eigenvalue weighted by Gasteiger charge is -2.30. The summed E-state index contributed by atoms with van der Waals surface area (Å²) in [6, 6.07) is 5.46. The summed E-state index contributed by atoms with van der Waals surface area (Å²) in [5.74, 6) is -0.150. The Hall–Kier alpha value is -2.08. The van der Waals surface area contributed by atoms with Gasteiger partial charge in [-0.15, -0.1) is 0 Å². The number of nitrogens with zero attached hydrogens (tertiary/aromatic N) is 1. The first-order valence-corrected chi connectivity index (χ1v) is 6.92. The van der Waals surface area contributed by atoms with E-state index in [1.54, 1.807) is 6.07 Å². The third-order valence-corrected chi connectivity index (χ3v) is 3.40. The number of ketones is 1. The number of carbonyl (C=O) groups is 2. The Labute approximate surface area is 124 Å². The number of hydrogen-bond acceptors (Lipinski definition) is 6. The molecule has 114 valence electrons. The van der Waals surface area contributed by atoms with E-state index in [2.05, 4.69) is 15.0 Å². The number of anilines is 1. The van der Waals surface area contributed by atoms with Gasteiger partial charge in [-0.1, -0.05) is 0 Å². The van der Waals surface area contributed by atoms with Crippen molar-refractivity contribution in [3.05, 3.63) is 23.8 Å². The Morgan fingerprint density at radius 1 is 1.29 bits per heavy atom. The highest BCUT2D eigenvalue weighted by atomic mass is 16.6. The van der Waals surface area contributed by atoms with Gasteiger partial charge in [0.2, 0.25) is 0 Å². The molecule has 0 atom stereocenters. The Balaban J connectivity index is 2.20. The fraction of sp³-hybridized carbons (Fsp3) is 0.467. The highest BCUT2D eigenvalue weighted by Crippen LogP contribution is 2.26. The molecule has 0 unspecified atom stereocenters. The third-order valence-electron chi connectivity index (χ3n) is 3.40. The van der Waals surface area contributed by atoms with E-state index in [9.17, 15) is 9.59 Å². The number of rotatable bonds is 5. The summed E-state index contributed by atoms with van der Waals surface area (Å²) in [7, 11) is 1.30. The molecular formula is C15H20N2O4. The standard InChI is InChI=1S/C15H20N2O4/c1-11(18)13-4-3-12(17-7-5-16-6-8-17)9-14(13)21-10-15(19)20-2/h3-4,9,16H,5-8,10H2,1-2H3. The topological polar surface area (TPSA) is 67.9 Å². The molecule has 1 aromatic carbocycles. The van der Waals surface area contributed by atoms with Crippen molar-refractivity contribution in [1.29, 1.82) is 0 Å². The van der Waals surface area contributed by atoms with Crippen LogP contribution in [0.3, 0.4) is 0 Å². The van der Waals surface area contributed by atoms with Gasteiger partial charge in [-0.05, 0) is 19.1 Å². The van der Waals surface area contributed by atoms with Crippen LogP contribution in [0, 0.1) is 0 Å². The Morgan fingerprint density at radius 3 is 2.62 bits per heavy atom. The number of Topliss-reactive ketones (excluding diaryl/α,β-unsaturated/α-hetero) is 1. The Kier molecular flexibility index (Phi) is 5.16. The van der Waals surface area contributed by atoms with Crippen LogP contribution in [0.2, 0.25) is 0 Å². The number of ether oxygens (including phenoxy) is 2. The van der Waals surface area contributed by atoms with Gasteiger partial charge in [0.25, 0.3) is 0 Å². The quantitative estimate of drug-likeness (QED) is 0.641. The Morgan fingerprint density at radius 2 is 2.00 bits per heavy atom. The number of hydrogen-bond donors (Lipinski definition) is 1. The van der Waals surface area contributed by atoms with E-state index in [1.165, 1.54) is 14.0 Å². The summed E-state index contributed by atoms with van der Waals surface area (Å²) < 4.78 is 10.00. The summed E-state index contributed by atoms with van der Waals surface area (Å²) in [6.07, 6.45) is 0. The minimum atomic E-state index is -0.475. The number of carbonyl (C=O) groups excluding carboxylic acids is 2. The fourth-order valence-electron chi connectivity index (χ4n) is 2.24. The largest absolute Gasteiger partial charge is 0.481 e. The molecular weight excluding hydrogens is 272 g/mol. The van der Waals surface area contributed by atoms with Crippen molar-refractivity contribution >= 4 is 17.4 Å². The van der Waals surface area contributed by atoms with E-state index >= 15 is 0 Å². The van der Waals surface area contributed by atoms with Gasteiger partial charge in [-0.25, -0.2) is 4.79 Å². The zero-order valence-electron chi connectivity index (χ0n) is 12.3. The molecule has 0 aromatic heterocycles. The van der Waals surface area contributed by atoms with Gasteiger partial charge in [0.15, 0.2) is 12.4 Å². The lowest BCUT2D eigenvalue weighted by Crippen LogP contribution is -2.43. The second-order valence-corrected chi connectivity index (χ2v) is 4.84. The smallest absolute Gasteiger partial charge is 0.343 e. The molecule has 21 heavy (non-hydrogen) atoms. The molecule has 2 rings (SSSR count). The predicted octanol–water partition coefficient (Wildman–Crippen LogP) is 0.851. The molecule has 1 aliphatic heterocycles. The molecule has 1 heterocycles. The van der Waals surface area contributed by atoms with E-state index in [4.69, 9.17) is 4.74 Å². The molecule has 1 aliphatic rings.